The van der Waals surface area contributed by atoms with Crippen molar-refractivity contribution in [2.45, 2.75) is 26.4 Å². The van der Waals surface area contributed by atoms with E-state index in [0.29, 0.717) is 23.4 Å². The van der Waals surface area contributed by atoms with Gasteiger partial charge in [0.1, 0.15) is 0 Å². The van der Waals surface area contributed by atoms with Gasteiger partial charge < -0.3 is 14.0 Å². The average molecular weight is 345 g/mol. The van der Waals surface area contributed by atoms with Crippen LogP contribution in [0.4, 0.5) is 0 Å². The number of benzene rings is 1. The van der Waals surface area contributed by atoms with Gasteiger partial charge in [0.25, 0.3) is 5.91 Å². The number of fused-ring (bicyclic) bond motifs is 1. The smallest absolute Gasteiger partial charge is 0.254 e. The molecule has 0 bridgehead atoms. The lowest BCUT2D eigenvalue weighted by Crippen LogP contribution is -2.27. The highest BCUT2D eigenvalue weighted by atomic mass is 35.5. The third kappa shape index (κ3) is 2.91. The third-order valence-electron chi connectivity index (χ3n) is 4.24. The number of aromatic nitrogens is 3. The minimum Gasteiger partial charge on any atom is -0.347 e. The monoisotopic (exact) mass is 344 g/mol. The fourth-order valence-electron chi connectivity index (χ4n) is 2.90. The van der Waals surface area contributed by atoms with Gasteiger partial charge in [-0.1, -0.05) is 0 Å². The van der Waals surface area contributed by atoms with E-state index >= 15 is 0 Å². The maximum atomic E-state index is 12.8. The number of carbonyl (C=O) groups excluding carboxylic acids is 1. The number of halogens is 1. The van der Waals surface area contributed by atoms with Crippen molar-refractivity contribution in [3.05, 3.63) is 53.1 Å². The highest BCUT2D eigenvalue weighted by Gasteiger charge is 2.16. The number of rotatable bonds is 4. The van der Waals surface area contributed by atoms with Gasteiger partial charge in [-0.05, 0) is 55.8 Å². The predicted octanol–water partition coefficient (Wildman–Crippen LogP) is 3.88. The van der Waals surface area contributed by atoms with Gasteiger partial charge in [-0.3, -0.25) is 4.79 Å². The van der Waals surface area contributed by atoms with E-state index < -0.39 is 0 Å². The second-order valence-electron chi connectivity index (χ2n) is 6.31. The molecule has 3 aromatic rings. The molecule has 2 heterocycles. The Labute approximate surface area is 146 Å². The van der Waals surface area contributed by atoms with E-state index in [1.54, 1.807) is 15.5 Å². The number of hydrogen-bond donors (Lipinski definition) is 0. The van der Waals surface area contributed by atoms with E-state index in [4.69, 9.17) is 11.6 Å². The van der Waals surface area contributed by atoms with Crippen LogP contribution in [0.2, 0.25) is 5.28 Å². The van der Waals surface area contributed by atoms with E-state index in [2.05, 4.69) is 23.4 Å². The van der Waals surface area contributed by atoms with Gasteiger partial charge in [0.15, 0.2) is 0 Å². The van der Waals surface area contributed by atoms with Crippen molar-refractivity contribution in [1.82, 2.24) is 19.0 Å². The first-order valence-electron chi connectivity index (χ1n) is 7.91. The molecule has 0 spiro atoms. The highest BCUT2D eigenvalue weighted by Crippen LogP contribution is 2.21. The molecule has 0 atom stereocenters. The van der Waals surface area contributed by atoms with Gasteiger partial charge >= 0.3 is 0 Å². The first-order chi connectivity index (χ1) is 11.4. The van der Waals surface area contributed by atoms with Crippen LogP contribution < -0.4 is 0 Å². The first kappa shape index (κ1) is 16.6. The van der Waals surface area contributed by atoms with Crippen LogP contribution in [0.1, 0.15) is 35.9 Å². The lowest BCUT2D eigenvalue weighted by Gasteiger charge is -2.20. The van der Waals surface area contributed by atoms with Gasteiger partial charge in [0, 0.05) is 37.6 Å². The van der Waals surface area contributed by atoms with Crippen molar-refractivity contribution in [3.8, 4) is 0 Å². The van der Waals surface area contributed by atoms with E-state index in [0.717, 1.165) is 16.7 Å². The molecule has 2 aromatic heterocycles. The summed E-state index contributed by atoms with van der Waals surface area (Å²) in [6.07, 6.45) is 2.04. The number of nitrogens with zero attached hydrogens (tertiary/aromatic N) is 4. The average Bonchev–Trinajstić information content (AvgIpc) is 3.12. The lowest BCUT2D eigenvalue weighted by molar-refractivity contribution is 0.0781. The van der Waals surface area contributed by atoms with Crippen LogP contribution in [0.25, 0.3) is 11.0 Å². The molecule has 0 saturated heterocycles. The maximum Gasteiger partial charge on any atom is 0.254 e. The number of aryl methyl sites for hydroxylation is 1. The van der Waals surface area contributed by atoms with Crippen LogP contribution >= 0.6 is 11.6 Å². The van der Waals surface area contributed by atoms with Crippen LogP contribution in [0.15, 0.2) is 36.5 Å². The topological polar surface area (TPSA) is 43.1 Å². The van der Waals surface area contributed by atoms with Gasteiger partial charge in [0.2, 0.25) is 5.28 Å². The molecular formula is C18H21ClN4O. The second kappa shape index (κ2) is 6.32. The molecule has 126 valence electrons. The second-order valence-corrected chi connectivity index (χ2v) is 6.64. The van der Waals surface area contributed by atoms with Gasteiger partial charge in [-0.15, -0.1) is 0 Å². The molecular weight excluding hydrogens is 324 g/mol. The fourth-order valence-corrected chi connectivity index (χ4v) is 3.08. The SMILES string of the molecule is CC(C)n1cccc1CN(C)C(=O)c1ccc2nc(Cl)n(C)c2c1. The maximum absolute atomic E-state index is 12.8. The summed E-state index contributed by atoms with van der Waals surface area (Å²) in [5, 5.41) is 0.415. The Hall–Kier alpha value is -2.27. The zero-order valence-electron chi connectivity index (χ0n) is 14.3. The van der Waals surface area contributed by atoms with Crippen molar-refractivity contribution in [1.29, 1.82) is 0 Å². The van der Waals surface area contributed by atoms with E-state index in [1.807, 2.05) is 44.6 Å². The summed E-state index contributed by atoms with van der Waals surface area (Å²) < 4.78 is 3.95. The summed E-state index contributed by atoms with van der Waals surface area (Å²) in [4.78, 5) is 18.7. The molecule has 3 rings (SSSR count). The van der Waals surface area contributed by atoms with Crippen molar-refractivity contribution < 1.29 is 4.79 Å². The molecule has 0 unspecified atom stereocenters. The molecule has 0 aliphatic carbocycles. The third-order valence-corrected chi connectivity index (χ3v) is 4.58. The van der Waals surface area contributed by atoms with Crippen LogP contribution in [0, 0.1) is 0 Å². The van der Waals surface area contributed by atoms with E-state index in [1.165, 1.54) is 0 Å². The summed E-state index contributed by atoms with van der Waals surface area (Å²) in [6, 6.07) is 9.90. The Kier molecular flexibility index (Phi) is 4.37. The summed E-state index contributed by atoms with van der Waals surface area (Å²) in [7, 11) is 3.66. The first-order valence-corrected chi connectivity index (χ1v) is 8.29. The van der Waals surface area contributed by atoms with E-state index in [9.17, 15) is 4.79 Å². The fraction of sp³-hybridized carbons (Fsp3) is 0.333. The molecule has 0 radical (unpaired) electrons. The lowest BCUT2D eigenvalue weighted by atomic mass is 10.1. The van der Waals surface area contributed by atoms with Gasteiger partial charge in [-0.2, -0.15) is 0 Å². The molecule has 0 fully saturated rings. The molecule has 5 nitrogen and oxygen atoms in total. The molecule has 6 heteroatoms. The summed E-state index contributed by atoms with van der Waals surface area (Å²) in [5.74, 6) is -0.0225. The summed E-state index contributed by atoms with van der Waals surface area (Å²) in [6.45, 7) is 4.82. The van der Waals surface area contributed by atoms with Gasteiger partial charge in [0.05, 0.1) is 17.6 Å². The zero-order chi connectivity index (χ0) is 17.4. The standard InChI is InChI=1S/C18H21ClN4O/c1-12(2)23-9-5-6-14(23)11-21(3)17(24)13-7-8-15-16(10-13)22(4)18(19)20-15/h5-10,12H,11H2,1-4H3. The van der Waals surface area contributed by atoms with Crippen LogP contribution in [0.3, 0.4) is 0 Å². The number of imidazole rings is 1. The van der Waals surface area contributed by atoms with Crippen molar-refractivity contribution in [3.63, 3.8) is 0 Å². The molecule has 0 N–H and O–H groups in total. The summed E-state index contributed by atoms with van der Waals surface area (Å²) in [5.41, 5.74) is 3.39. The molecule has 0 aliphatic heterocycles. The predicted molar refractivity (Wildman–Crippen MR) is 96.3 cm³/mol. The molecule has 24 heavy (non-hydrogen) atoms. The molecule has 0 aliphatic rings. The summed E-state index contributed by atoms with van der Waals surface area (Å²) >= 11 is 6.04. The Morgan fingerprint density at radius 1 is 1.33 bits per heavy atom. The van der Waals surface area contributed by atoms with E-state index in [-0.39, 0.29) is 5.91 Å². The minimum atomic E-state index is -0.0225. The molecule has 0 saturated carbocycles. The van der Waals surface area contributed by atoms with Crippen LogP contribution in [0.5, 0.6) is 0 Å². The Morgan fingerprint density at radius 3 is 2.79 bits per heavy atom. The van der Waals surface area contributed by atoms with Crippen LogP contribution in [-0.4, -0.2) is 32.0 Å². The Bertz CT molecular complexity index is 894. The zero-order valence-corrected chi connectivity index (χ0v) is 15.1. The van der Waals surface area contributed by atoms with Gasteiger partial charge in [-0.25, -0.2) is 4.98 Å². The molecule has 1 amide bonds. The Balaban J connectivity index is 1.85. The normalized spacial score (nSPS) is 11.4. The quantitative estimate of drug-likeness (QED) is 0.720. The number of amides is 1. The van der Waals surface area contributed by atoms with Crippen LogP contribution in [-0.2, 0) is 13.6 Å². The Morgan fingerprint density at radius 2 is 2.08 bits per heavy atom. The number of carbonyl (C=O) groups is 1. The van der Waals surface area contributed by atoms with Crippen molar-refractivity contribution in [2.24, 2.45) is 7.05 Å². The highest BCUT2D eigenvalue weighted by molar-refractivity contribution is 6.29. The molecule has 1 aromatic carbocycles. The largest absolute Gasteiger partial charge is 0.347 e. The number of hydrogen-bond acceptors (Lipinski definition) is 2. The van der Waals surface area contributed by atoms with Crippen molar-refractivity contribution in [2.75, 3.05) is 7.05 Å². The minimum absolute atomic E-state index is 0.0225. The van der Waals surface area contributed by atoms with Crippen molar-refractivity contribution >= 4 is 28.5 Å².